The van der Waals surface area contributed by atoms with E-state index in [2.05, 4.69) is 6.92 Å². The molecule has 2 saturated heterocycles. The topological polar surface area (TPSA) is 66.8 Å². The molecule has 3 rings (SSSR count). The van der Waals surface area contributed by atoms with Crippen molar-refractivity contribution in [2.75, 3.05) is 13.1 Å². The Hall–Kier alpha value is -1.10. The van der Waals surface area contributed by atoms with Crippen LogP contribution in [-0.4, -0.2) is 47.2 Å². The lowest BCUT2D eigenvalue weighted by molar-refractivity contribution is -0.142. The normalized spacial score (nSPS) is 36.1. The van der Waals surface area contributed by atoms with Crippen LogP contribution >= 0.6 is 0 Å². The van der Waals surface area contributed by atoms with Crippen LogP contribution in [0.25, 0.3) is 0 Å². The maximum absolute atomic E-state index is 12.3. The third-order valence-corrected chi connectivity index (χ3v) is 5.26. The van der Waals surface area contributed by atoms with Gasteiger partial charge in [0.25, 0.3) is 0 Å². The van der Waals surface area contributed by atoms with Crippen LogP contribution in [0.3, 0.4) is 0 Å². The fourth-order valence-electron chi connectivity index (χ4n) is 3.84. The van der Waals surface area contributed by atoms with E-state index in [1.165, 1.54) is 0 Å². The molecule has 2 unspecified atom stereocenters. The average Bonchev–Trinajstić information content (AvgIpc) is 3.05. The minimum atomic E-state index is -0.741. The predicted octanol–water partition coefficient (Wildman–Crippen LogP) is 1.90. The minimum absolute atomic E-state index is 0.104. The summed E-state index contributed by atoms with van der Waals surface area (Å²) in [4.78, 5) is 25.5. The Morgan fingerprint density at radius 2 is 1.95 bits per heavy atom. The number of carboxylic acid groups (broad SMARTS) is 1. The molecule has 0 aromatic heterocycles. The first-order chi connectivity index (χ1) is 10.0. The molecular weight excluding hydrogens is 270 g/mol. The Kier molecular flexibility index (Phi) is 4.20. The van der Waals surface area contributed by atoms with Crippen molar-refractivity contribution in [3.05, 3.63) is 0 Å². The van der Waals surface area contributed by atoms with Crippen molar-refractivity contribution in [2.24, 2.45) is 17.8 Å². The largest absolute Gasteiger partial charge is 0.481 e. The van der Waals surface area contributed by atoms with Crippen molar-refractivity contribution in [1.29, 1.82) is 0 Å². The zero-order valence-electron chi connectivity index (χ0n) is 12.7. The highest BCUT2D eigenvalue weighted by Gasteiger charge is 2.46. The molecule has 3 aliphatic rings. The molecule has 0 bridgehead atoms. The highest BCUT2D eigenvalue weighted by atomic mass is 16.5. The van der Waals surface area contributed by atoms with Crippen LogP contribution in [0.2, 0.25) is 0 Å². The molecule has 3 fully saturated rings. The van der Waals surface area contributed by atoms with Gasteiger partial charge in [0.2, 0.25) is 5.91 Å². The zero-order valence-corrected chi connectivity index (χ0v) is 12.7. The van der Waals surface area contributed by atoms with Gasteiger partial charge in [-0.3, -0.25) is 9.59 Å². The number of aliphatic carboxylic acids is 1. The number of hydrogen-bond donors (Lipinski definition) is 1. The van der Waals surface area contributed by atoms with E-state index in [1.807, 2.05) is 0 Å². The molecule has 2 aliphatic heterocycles. The fraction of sp³-hybridized carbons (Fsp3) is 0.875. The quantitative estimate of drug-likeness (QED) is 0.841. The van der Waals surface area contributed by atoms with E-state index in [0.717, 1.165) is 32.1 Å². The first-order valence-corrected chi connectivity index (χ1v) is 8.20. The number of likely N-dealkylation sites (tertiary alicyclic amines) is 1. The van der Waals surface area contributed by atoms with Gasteiger partial charge in [0, 0.05) is 19.5 Å². The van der Waals surface area contributed by atoms with Gasteiger partial charge in [-0.25, -0.2) is 0 Å². The molecular formula is C16H25NO4. The number of carbonyl (C=O) groups excluding carboxylic acids is 1. The lowest BCUT2D eigenvalue weighted by Crippen LogP contribution is -2.30. The summed E-state index contributed by atoms with van der Waals surface area (Å²) in [6.07, 6.45) is 6.15. The van der Waals surface area contributed by atoms with Crippen molar-refractivity contribution in [3.63, 3.8) is 0 Å². The fourth-order valence-corrected chi connectivity index (χ4v) is 3.84. The van der Waals surface area contributed by atoms with Crippen molar-refractivity contribution < 1.29 is 19.4 Å². The van der Waals surface area contributed by atoms with Gasteiger partial charge in [-0.1, -0.05) is 0 Å². The molecule has 0 spiro atoms. The SMILES string of the molecule is CC1CCC(CCC(=O)N2C[C@H](C(=O)O)[C@@H](C3CC3)C2)O1. The van der Waals surface area contributed by atoms with Gasteiger partial charge in [-0.05, 0) is 50.9 Å². The lowest BCUT2D eigenvalue weighted by atomic mass is 9.92. The summed E-state index contributed by atoms with van der Waals surface area (Å²) in [5.74, 6) is -0.288. The van der Waals surface area contributed by atoms with E-state index < -0.39 is 5.97 Å². The summed E-state index contributed by atoms with van der Waals surface area (Å²) in [7, 11) is 0. The van der Waals surface area contributed by atoms with Crippen LogP contribution in [0.1, 0.15) is 45.4 Å². The van der Waals surface area contributed by atoms with Crippen LogP contribution in [0, 0.1) is 17.8 Å². The second kappa shape index (κ2) is 5.95. The smallest absolute Gasteiger partial charge is 0.308 e. The summed E-state index contributed by atoms with van der Waals surface area (Å²) in [5.41, 5.74) is 0. The molecule has 0 aromatic rings. The van der Waals surface area contributed by atoms with E-state index >= 15 is 0 Å². The number of carbonyl (C=O) groups is 2. The average molecular weight is 295 g/mol. The van der Waals surface area contributed by atoms with Crippen molar-refractivity contribution >= 4 is 11.9 Å². The molecule has 0 aromatic carbocycles. The van der Waals surface area contributed by atoms with Crippen molar-refractivity contribution in [3.8, 4) is 0 Å². The van der Waals surface area contributed by atoms with Gasteiger partial charge in [0.05, 0.1) is 18.1 Å². The van der Waals surface area contributed by atoms with Crippen LogP contribution in [0.15, 0.2) is 0 Å². The molecule has 1 amide bonds. The number of carboxylic acids is 1. The number of nitrogens with zero attached hydrogens (tertiary/aromatic N) is 1. The first kappa shape index (κ1) is 14.8. The van der Waals surface area contributed by atoms with Crippen molar-refractivity contribution in [1.82, 2.24) is 4.90 Å². The van der Waals surface area contributed by atoms with Gasteiger partial charge in [0.15, 0.2) is 0 Å². The number of rotatable bonds is 5. The van der Waals surface area contributed by atoms with E-state index in [4.69, 9.17) is 4.74 Å². The summed E-state index contributed by atoms with van der Waals surface area (Å²) in [5, 5.41) is 9.33. The molecule has 0 radical (unpaired) electrons. The minimum Gasteiger partial charge on any atom is -0.481 e. The molecule has 1 saturated carbocycles. The maximum atomic E-state index is 12.3. The zero-order chi connectivity index (χ0) is 15.0. The summed E-state index contributed by atoms with van der Waals surface area (Å²) >= 11 is 0. The van der Waals surface area contributed by atoms with E-state index in [9.17, 15) is 14.7 Å². The van der Waals surface area contributed by atoms with Gasteiger partial charge in [-0.2, -0.15) is 0 Å². The summed E-state index contributed by atoms with van der Waals surface area (Å²) in [6, 6.07) is 0. The number of ether oxygens (including phenoxy) is 1. The number of hydrogen-bond acceptors (Lipinski definition) is 3. The monoisotopic (exact) mass is 295 g/mol. The Morgan fingerprint density at radius 3 is 2.52 bits per heavy atom. The van der Waals surface area contributed by atoms with Crippen LogP contribution in [-0.2, 0) is 14.3 Å². The van der Waals surface area contributed by atoms with Gasteiger partial charge in [0.1, 0.15) is 0 Å². The Balaban J connectivity index is 1.49. The molecule has 1 N–H and O–H groups in total. The molecule has 21 heavy (non-hydrogen) atoms. The Labute approximate surface area is 125 Å². The molecule has 5 nitrogen and oxygen atoms in total. The molecule has 2 heterocycles. The predicted molar refractivity (Wildman–Crippen MR) is 76.7 cm³/mol. The molecule has 5 heteroatoms. The van der Waals surface area contributed by atoms with E-state index in [0.29, 0.717) is 31.5 Å². The molecule has 118 valence electrons. The van der Waals surface area contributed by atoms with E-state index in [1.54, 1.807) is 4.90 Å². The van der Waals surface area contributed by atoms with Crippen LogP contribution < -0.4 is 0 Å². The maximum Gasteiger partial charge on any atom is 0.308 e. The van der Waals surface area contributed by atoms with Gasteiger partial charge < -0.3 is 14.7 Å². The Bertz CT molecular complexity index is 421. The van der Waals surface area contributed by atoms with Gasteiger partial charge >= 0.3 is 5.97 Å². The summed E-state index contributed by atoms with van der Waals surface area (Å²) in [6.45, 7) is 3.11. The summed E-state index contributed by atoms with van der Waals surface area (Å²) < 4.78 is 5.74. The van der Waals surface area contributed by atoms with E-state index in [-0.39, 0.29) is 23.8 Å². The first-order valence-electron chi connectivity index (χ1n) is 8.20. The third-order valence-electron chi connectivity index (χ3n) is 5.26. The number of amides is 1. The standard InChI is InChI=1S/C16H25NO4/c1-10-2-5-12(21-10)6-7-15(18)17-8-13(11-3-4-11)14(9-17)16(19)20/h10-14H,2-9H2,1H3,(H,19,20)/t10?,12?,13-,14+/m1/s1. The van der Waals surface area contributed by atoms with Crippen LogP contribution in [0.5, 0.6) is 0 Å². The second-order valence-electron chi connectivity index (χ2n) is 6.93. The Morgan fingerprint density at radius 1 is 1.19 bits per heavy atom. The third kappa shape index (κ3) is 3.39. The molecule has 1 aliphatic carbocycles. The highest BCUT2D eigenvalue weighted by molar-refractivity contribution is 5.79. The lowest BCUT2D eigenvalue weighted by Gasteiger charge is -2.17. The molecule has 4 atom stereocenters. The second-order valence-corrected chi connectivity index (χ2v) is 6.93. The highest BCUT2D eigenvalue weighted by Crippen LogP contribution is 2.44. The van der Waals surface area contributed by atoms with Crippen molar-refractivity contribution in [2.45, 2.75) is 57.7 Å². The van der Waals surface area contributed by atoms with Gasteiger partial charge in [-0.15, -0.1) is 0 Å². The van der Waals surface area contributed by atoms with Crippen LogP contribution in [0.4, 0.5) is 0 Å².